The number of hydrogen-bond donors (Lipinski definition) is 2. The fraction of sp³-hybridized carbons (Fsp3) is 0.375. The second-order valence-electron chi connectivity index (χ2n) is 7.23. The summed E-state index contributed by atoms with van der Waals surface area (Å²) in [5.41, 5.74) is 3.97. The molecule has 0 unspecified atom stereocenters. The summed E-state index contributed by atoms with van der Waals surface area (Å²) in [6.45, 7) is 13.3. The first-order valence-electron chi connectivity index (χ1n) is 10.5. The Hall–Kier alpha value is -2.79. The Bertz CT molecular complexity index is 779. The number of hydrogen-bond acceptors (Lipinski definition) is 3. The third-order valence-corrected chi connectivity index (χ3v) is 5.17. The van der Waals surface area contributed by atoms with E-state index in [-0.39, 0.29) is 0 Å². The van der Waals surface area contributed by atoms with E-state index < -0.39 is 0 Å². The maximum Gasteiger partial charge on any atom is 0.191 e. The van der Waals surface area contributed by atoms with E-state index in [0.717, 1.165) is 45.2 Å². The van der Waals surface area contributed by atoms with Crippen molar-refractivity contribution >= 4 is 11.6 Å². The Labute approximate surface area is 175 Å². The predicted octanol–water partition coefficient (Wildman–Crippen LogP) is 3.25. The van der Waals surface area contributed by atoms with E-state index in [2.05, 4.69) is 88.5 Å². The number of benzene rings is 2. The van der Waals surface area contributed by atoms with Gasteiger partial charge in [0.05, 0.1) is 6.54 Å². The molecule has 5 nitrogen and oxygen atoms in total. The zero-order chi connectivity index (χ0) is 20.3. The van der Waals surface area contributed by atoms with E-state index in [1.807, 2.05) is 6.08 Å². The van der Waals surface area contributed by atoms with Gasteiger partial charge in [-0.3, -0.25) is 4.90 Å². The molecule has 154 valence electrons. The van der Waals surface area contributed by atoms with Gasteiger partial charge in [-0.05, 0) is 30.2 Å². The van der Waals surface area contributed by atoms with E-state index in [9.17, 15) is 0 Å². The SMILES string of the molecule is C=CCNC(=NCc1ccccc1CN1CCN(c2ccccc2)CC1)NCC. The molecule has 0 spiro atoms. The molecule has 0 radical (unpaired) electrons. The Morgan fingerprint density at radius 1 is 0.966 bits per heavy atom. The third kappa shape index (κ3) is 6.36. The molecule has 1 fully saturated rings. The summed E-state index contributed by atoms with van der Waals surface area (Å²) in [5, 5.41) is 6.55. The molecule has 0 saturated carbocycles. The predicted molar refractivity (Wildman–Crippen MR) is 123 cm³/mol. The highest BCUT2D eigenvalue weighted by Gasteiger charge is 2.18. The number of guanidine groups is 1. The molecular weight excluding hydrogens is 358 g/mol. The molecule has 1 saturated heterocycles. The minimum absolute atomic E-state index is 0.673. The number of aliphatic imine (C=N–C) groups is 1. The van der Waals surface area contributed by atoms with Gasteiger partial charge in [0.25, 0.3) is 0 Å². The largest absolute Gasteiger partial charge is 0.369 e. The van der Waals surface area contributed by atoms with E-state index in [1.54, 1.807) is 0 Å². The van der Waals surface area contributed by atoms with Gasteiger partial charge in [-0.2, -0.15) is 0 Å². The van der Waals surface area contributed by atoms with Crippen LogP contribution in [0.25, 0.3) is 0 Å². The first-order valence-corrected chi connectivity index (χ1v) is 10.5. The van der Waals surface area contributed by atoms with Crippen LogP contribution in [0.3, 0.4) is 0 Å². The summed E-state index contributed by atoms with van der Waals surface area (Å²) < 4.78 is 0. The highest BCUT2D eigenvalue weighted by Crippen LogP contribution is 2.18. The Morgan fingerprint density at radius 3 is 2.34 bits per heavy atom. The second kappa shape index (κ2) is 11.3. The van der Waals surface area contributed by atoms with Gasteiger partial charge < -0.3 is 15.5 Å². The van der Waals surface area contributed by atoms with Gasteiger partial charge in [-0.25, -0.2) is 4.99 Å². The summed E-state index contributed by atoms with van der Waals surface area (Å²) in [6, 6.07) is 19.4. The molecule has 2 N–H and O–H groups in total. The molecule has 0 amide bonds. The molecule has 0 aromatic heterocycles. The Balaban J connectivity index is 1.58. The topological polar surface area (TPSA) is 42.9 Å². The Morgan fingerprint density at radius 2 is 1.66 bits per heavy atom. The zero-order valence-electron chi connectivity index (χ0n) is 17.5. The molecule has 3 rings (SSSR count). The van der Waals surface area contributed by atoms with Gasteiger partial charge in [-0.1, -0.05) is 48.5 Å². The molecule has 29 heavy (non-hydrogen) atoms. The van der Waals surface area contributed by atoms with Gasteiger partial charge in [0, 0.05) is 51.5 Å². The van der Waals surface area contributed by atoms with Gasteiger partial charge in [0.1, 0.15) is 0 Å². The lowest BCUT2D eigenvalue weighted by Gasteiger charge is -2.36. The van der Waals surface area contributed by atoms with Crippen molar-refractivity contribution in [3.8, 4) is 0 Å². The van der Waals surface area contributed by atoms with Crippen LogP contribution in [-0.2, 0) is 13.1 Å². The van der Waals surface area contributed by atoms with E-state index in [1.165, 1.54) is 16.8 Å². The second-order valence-corrected chi connectivity index (χ2v) is 7.23. The van der Waals surface area contributed by atoms with Crippen LogP contribution in [0, 0.1) is 0 Å². The molecule has 5 heteroatoms. The van der Waals surface area contributed by atoms with Crippen LogP contribution in [0.4, 0.5) is 5.69 Å². The summed E-state index contributed by atoms with van der Waals surface area (Å²) in [7, 11) is 0. The first kappa shape index (κ1) is 20.9. The number of para-hydroxylation sites is 1. The van der Waals surface area contributed by atoms with Crippen LogP contribution < -0.4 is 15.5 Å². The van der Waals surface area contributed by atoms with Crippen LogP contribution in [-0.4, -0.2) is 50.1 Å². The van der Waals surface area contributed by atoms with Crippen molar-refractivity contribution in [1.29, 1.82) is 0 Å². The molecule has 0 bridgehead atoms. The van der Waals surface area contributed by atoms with Crippen molar-refractivity contribution in [3.05, 3.63) is 78.4 Å². The number of nitrogens with zero attached hydrogens (tertiary/aromatic N) is 3. The summed E-state index contributed by atoms with van der Waals surface area (Å²) >= 11 is 0. The summed E-state index contributed by atoms with van der Waals surface area (Å²) in [4.78, 5) is 9.76. The molecule has 1 heterocycles. The van der Waals surface area contributed by atoms with Crippen LogP contribution in [0.2, 0.25) is 0 Å². The van der Waals surface area contributed by atoms with Gasteiger partial charge in [0.15, 0.2) is 5.96 Å². The van der Waals surface area contributed by atoms with Crippen LogP contribution in [0.15, 0.2) is 72.2 Å². The van der Waals surface area contributed by atoms with Crippen LogP contribution in [0.5, 0.6) is 0 Å². The van der Waals surface area contributed by atoms with Crippen molar-refractivity contribution in [1.82, 2.24) is 15.5 Å². The van der Waals surface area contributed by atoms with E-state index >= 15 is 0 Å². The highest BCUT2D eigenvalue weighted by atomic mass is 15.3. The number of anilines is 1. The monoisotopic (exact) mass is 391 g/mol. The van der Waals surface area contributed by atoms with E-state index in [4.69, 9.17) is 4.99 Å². The number of nitrogens with one attached hydrogen (secondary N) is 2. The third-order valence-electron chi connectivity index (χ3n) is 5.17. The first-order chi connectivity index (χ1) is 14.3. The molecule has 1 aliphatic rings. The minimum atomic E-state index is 0.673. The lowest BCUT2D eigenvalue weighted by atomic mass is 10.1. The summed E-state index contributed by atoms with van der Waals surface area (Å²) in [5.74, 6) is 0.832. The van der Waals surface area contributed by atoms with Gasteiger partial charge >= 0.3 is 0 Å². The van der Waals surface area contributed by atoms with Gasteiger partial charge in [-0.15, -0.1) is 6.58 Å². The zero-order valence-corrected chi connectivity index (χ0v) is 17.5. The smallest absolute Gasteiger partial charge is 0.191 e. The van der Waals surface area contributed by atoms with Crippen molar-refractivity contribution in [2.75, 3.05) is 44.2 Å². The molecule has 2 aromatic rings. The fourth-order valence-electron chi connectivity index (χ4n) is 3.58. The van der Waals surface area contributed by atoms with Crippen molar-refractivity contribution in [2.24, 2.45) is 4.99 Å². The lowest BCUT2D eigenvalue weighted by Crippen LogP contribution is -2.46. The quantitative estimate of drug-likeness (QED) is 0.412. The van der Waals surface area contributed by atoms with Crippen molar-refractivity contribution < 1.29 is 0 Å². The van der Waals surface area contributed by atoms with Crippen LogP contribution in [0.1, 0.15) is 18.1 Å². The number of piperazine rings is 1. The lowest BCUT2D eigenvalue weighted by molar-refractivity contribution is 0.249. The summed E-state index contributed by atoms with van der Waals surface area (Å²) in [6.07, 6.45) is 1.84. The normalized spacial score (nSPS) is 15.2. The van der Waals surface area contributed by atoms with Crippen molar-refractivity contribution in [3.63, 3.8) is 0 Å². The number of rotatable bonds is 8. The average molecular weight is 392 g/mol. The van der Waals surface area contributed by atoms with Gasteiger partial charge in [0.2, 0.25) is 0 Å². The van der Waals surface area contributed by atoms with E-state index in [0.29, 0.717) is 13.1 Å². The van der Waals surface area contributed by atoms with Crippen LogP contribution >= 0.6 is 0 Å². The molecule has 1 aliphatic heterocycles. The minimum Gasteiger partial charge on any atom is -0.369 e. The fourth-order valence-corrected chi connectivity index (χ4v) is 3.58. The maximum atomic E-state index is 4.75. The molecule has 0 atom stereocenters. The standard InChI is InChI=1S/C24H33N5/c1-3-14-26-24(25-4-2)27-19-21-10-8-9-11-22(21)20-28-15-17-29(18-16-28)23-12-6-5-7-13-23/h3,5-13H,1,4,14-20H2,2H3,(H2,25,26,27). The molecular formula is C24H33N5. The molecule has 2 aromatic carbocycles. The van der Waals surface area contributed by atoms with Crippen molar-refractivity contribution in [2.45, 2.75) is 20.0 Å². The molecule has 0 aliphatic carbocycles. The Kier molecular flexibility index (Phi) is 8.13. The maximum absolute atomic E-state index is 4.75. The average Bonchev–Trinajstić information content (AvgIpc) is 2.78. The highest BCUT2D eigenvalue weighted by molar-refractivity contribution is 5.79.